The number of halogens is 1. The van der Waals surface area contributed by atoms with Crippen molar-refractivity contribution >= 4 is 28.8 Å². The van der Waals surface area contributed by atoms with Gasteiger partial charge in [-0.05, 0) is 35.9 Å². The number of aromatic nitrogens is 3. The van der Waals surface area contributed by atoms with Crippen molar-refractivity contribution in [3.05, 3.63) is 83.3 Å². The van der Waals surface area contributed by atoms with E-state index in [2.05, 4.69) is 27.2 Å². The Morgan fingerprint density at radius 2 is 2.03 bits per heavy atom. The van der Waals surface area contributed by atoms with E-state index < -0.39 is 0 Å². The Morgan fingerprint density at radius 3 is 2.86 bits per heavy atom. The molecule has 2 aromatic heterocycles. The normalized spacial score (nSPS) is 10.4. The first kappa shape index (κ1) is 18.7. The van der Waals surface area contributed by atoms with Gasteiger partial charge >= 0.3 is 0 Å². The molecule has 4 aromatic rings. The van der Waals surface area contributed by atoms with Crippen LogP contribution in [0.25, 0.3) is 16.8 Å². The van der Waals surface area contributed by atoms with Crippen molar-refractivity contribution in [1.82, 2.24) is 14.6 Å². The van der Waals surface area contributed by atoms with Crippen LogP contribution in [0, 0.1) is 11.8 Å². The largest absolute Gasteiger partial charge is 0.320 e. The lowest BCUT2D eigenvalue weighted by molar-refractivity contribution is 0.102. The maximum Gasteiger partial charge on any atom is 0.274 e. The van der Waals surface area contributed by atoms with Crippen molar-refractivity contribution in [2.45, 2.75) is 0 Å². The highest BCUT2D eigenvalue weighted by atomic mass is 35.5. The summed E-state index contributed by atoms with van der Waals surface area (Å²) in [5, 5.41) is 7.79. The topological polar surface area (TPSA) is 85.3 Å². The van der Waals surface area contributed by atoms with E-state index in [-0.39, 0.29) is 18.1 Å². The Hall–Kier alpha value is -3.66. The summed E-state index contributed by atoms with van der Waals surface area (Å²) in [5.74, 6) is 5.41. The van der Waals surface area contributed by atoms with Crippen molar-refractivity contribution < 1.29 is 4.79 Å². The minimum atomic E-state index is -0.340. The van der Waals surface area contributed by atoms with Crippen LogP contribution in [0.1, 0.15) is 16.1 Å². The molecular formula is C22H16ClN5O. The highest BCUT2D eigenvalue weighted by Gasteiger charge is 2.14. The van der Waals surface area contributed by atoms with E-state index in [1.807, 2.05) is 36.4 Å². The molecule has 0 aliphatic carbocycles. The third-order valence-electron chi connectivity index (χ3n) is 4.24. The molecule has 0 bridgehead atoms. The highest BCUT2D eigenvalue weighted by molar-refractivity contribution is 6.30. The van der Waals surface area contributed by atoms with Gasteiger partial charge in [0.1, 0.15) is 5.69 Å². The molecule has 0 aliphatic rings. The Bertz CT molecular complexity index is 1270. The summed E-state index contributed by atoms with van der Waals surface area (Å²) in [4.78, 5) is 17.3. The van der Waals surface area contributed by atoms with Gasteiger partial charge in [0, 0.05) is 22.3 Å². The van der Waals surface area contributed by atoms with Gasteiger partial charge in [0.15, 0.2) is 5.65 Å². The molecule has 0 saturated carbocycles. The molecule has 1 amide bonds. The fourth-order valence-corrected chi connectivity index (χ4v) is 3.08. The second-order valence-electron chi connectivity index (χ2n) is 6.16. The van der Waals surface area contributed by atoms with Gasteiger partial charge < -0.3 is 11.1 Å². The van der Waals surface area contributed by atoms with Crippen LogP contribution in [0.5, 0.6) is 0 Å². The number of hydrogen-bond acceptors (Lipinski definition) is 4. The molecule has 0 saturated heterocycles. The van der Waals surface area contributed by atoms with Crippen LogP contribution >= 0.6 is 11.6 Å². The van der Waals surface area contributed by atoms with Crippen molar-refractivity contribution in [2.75, 3.05) is 11.9 Å². The summed E-state index contributed by atoms with van der Waals surface area (Å²) >= 11 is 6.11. The van der Waals surface area contributed by atoms with Crippen LogP contribution in [0.4, 0.5) is 5.69 Å². The van der Waals surface area contributed by atoms with Gasteiger partial charge in [-0.3, -0.25) is 4.79 Å². The number of carbonyl (C=O) groups is 1. The number of amides is 1. The summed E-state index contributed by atoms with van der Waals surface area (Å²) in [6.45, 7) is 0.244. The molecule has 0 spiro atoms. The number of fused-ring (bicyclic) bond motifs is 1. The molecule has 0 radical (unpaired) electrons. The predicted octanol–water partition coefficient (Wildman–Crippen LogP) is 3.61. The SMILES string of the molecule is NCC#Cc1ccccc1NC(=O)c1ccn2ncc(-c3cccc(Cl)c3)c2n1. The number of para-hydroxylation sites is 1. The molecule has 3 N–H and O–H groups in total. The lowest BCUT2D eigenvalue weighted by atomic mass is 10.1. The van der Waals surface area contributed by atoms with Gasteiger partial charge in [-0.15, -0.1) is 0 Å². The Morgan fingerprint density at radius 1 is 1.17 bits per heavy atom. The van der Waals surface area contributed by atoms with Gasteiger partial charge in [0.2, 0.25) is 0 Å². The monoisotopic (exact) mass is 401 g/mol. The molecule has 7 heteroatoms. The van der Waals surface area contributed by atoms with E-state index in [0.29, 0.717) is 21.9 Å². The van der Waals surface area contributed by atoms with E-state index in [0.717, 1.165) is 11.1 Å². The van der Waals surface area contributed by atoms with E-state index in [4.69, 9.17) is 17.3 Å². The molecule has 0 atom stereocenters. The highest BCUT2D eigenvalue weighted by Crippen LogP contribution is 2.26. The third-order valence-corrected chi connectivity index (χ3v) is 4.47. The van der Waals surface area contributed by atoms with Crippen molar-refractivity contribution in [3.8, 4) is 23.0 Å². The van der Waals surface area contributed by atoms with E-state index in [9.17, 15) is 4.79 Å². The van der Waals surface area contributed by atoms with E-state index in [1.54, 1.807) is 35.1 Å². The lowest BCUT2D eigenvalue weighted by Gasteiger charge is -2.07. The smallest absolute Gasteiger partial charge is 0.274 e. The Kier molecular flexibility index (Phi) is 5.25. The van der Waals surface area contributed by atoms with Crippen molar-refractivity contribution in [2.24, 2.45) is 5.73 Å². The molecule has 29 heavy (non-hydrogen) atoms. The van der Waals surface area contributed by atoms with Gasteiger partial charge in [0.25, 0.3) is 5.91 Å². The second kappa shape index (κ2) is 8.15. The molecule has 142 valence electrons. The lowest BCUT2D eigenvalue weighted by Crippen LogP contribution is -2.15. The van der Waals surface area contributed by atoms with Gasteiger partial charge in [-0.2, -0.15) is 5.10 Å². The first-order chi connectivity index (χ1) is 14.2. The van der Waals surface area contributed by atoms with Crippen molar-refractivity contribution in [3.63, 3.8) is 0 Å². The van der Waals surface area contributed by atoms with Crippen LogP contribution < -0.4 is 11.1 Å². The quantitative estimate of drug-likeness (QED) is 0.513. The number of carbonyl (C=O) groups excluding carboxylic acids is 1. The number of nitrogens with two attached hydrogens (primary N) is 1. The van der Waals surface area contributed by atoms with Gasteiger partial charge in [0.05, 0.1) is 18.4 Å². The fourth-order valence-electron chi connectivity index (χ4n) is 2.89. The zero-order chi connectivity index (χ0) is 20.2. The molecule has 6 nitrogen and oxygen atoms in total. The van der Waals surface area contributed by atoms with E-state index >= 15 is 0 Å². The summed E-state index contributed by atoms with van der Waals surface area (Å²) in [5.41, 5.74) is 9.23. The Labute approximate surface area is 172 Å². The van der Waals surface area contributed by atoms with Crippen LogP contribution in [0.3, 0.4) is 0 Å². The number of benzene rings is 2. The molecule has 0 fully saturated rings. The summed E-state index contributed by atoms with van der Waals surface area (Å²) in [6, 6.07) is 16.3. The second-order valence-corrected chi connectivity index (χ2v) is 6.59. The summed E-state index contributed by atoms with van der Waals surface area (Å²) in [6.07, 6.45) is 3.40. The molecular weight excluding hydrogens is 386 g/mol. The zero-order valence-electron chi connectivity index (χ0n) is 15.3. The maximum atomic E-state index is 12.8. The van der Waals surface area contributed by atoms with Crippen LogP contribution in [-0.2, 0) is 0 Å². The molecule has 0 aliphatic heterocycles. The number of nitrogens with one attached hydrogen (secondary N) is 1. The number of hydrogen-bond donors (Lipinski definition) is 2. The number of rotatable bonds is 3. The standard InChI is InChI=1S/C22H16ClN5O/c23-17-8-3-6-16(13-17)18-14-25-28-12-10-20(26-21(18)28)22(29)27-19-9-2-1-5-15(19)7-4-11-24/h1-3,5-6,8-10,12-14H,11,24H2,(H,27,29). The first-order valence-electron chi connectivity index (χ1n) is 8.85. The zero-order valence-corrected chi connectivity index (χ0v) is 16.0. The first-order valence-corrected chi connectivity index (χ1v) is 9.23. The predicted molar refractivity (Wildman–Crippen MR) is 114 cm³/mol. The summed E-state index contributed by atoms with van der Waals surface area (Å²) in [7, 11) is 0. The van der Waals surface area contributed by atoms with Gasteiger partial charge in [-0.25, -0.2) is 9.50 Å². The van der Waals surface area contributed by atoms with Crippen LogP contribution in [-0.4, -0.2) is 27.0 Å². The average molecular weight is 402 g/mol. The molecule has 4 rings (SSSR count). The Balaban J connectivity index is 1.68. The minimum Gasteiger partial charge on any atom is -0.320 e. The maximum absolute atomic E-state index is 12.8. The fraction of sp³-hybridized carbons (Fsp3) is 0.0455. The summed E-state index contributed by atoms with van der Waals surface area (Å²) < 4.78 is 1.62. The van der Waals surface area contributed by atoms with Crippen LogP contribution in [0.2, 0.25) is 5.02 Å². The number of anilines is 1. The van der Waals surface area contributed by atoms with Crippen LogP contribution in [0.15, 0.2) is 67.0 Å². The average Bonchev–Trinajstić information content (AvgIpc) is 3.16. The molecule has 2 heterocycles. The minimum absolute atomic E-state index is 0.244. The van der Waals surface area contributed by atoms with Crippen molar-refractivity contribution in [1.29, 1.82) is 0 Å². The third kappa shape index (κ3) is 3.97. The molecule has 2 aromatic carbocycles. The van der Waals surface area contributed by atoms with E-state index in [1.165, 1.54) is 0 Å². The number of nitrogens with zero attached hydrogens (tertiary/aromatic N) is 3. The van der Waals surface area contributed by atoms with Gasteiger partial charge in [-0.1, -0.05) is 47.7 Å². The molecule has 0 unspecified atom stereocenters.